The van der Waals surface area contributed by atoms with Gasteiger partial charge in [0.15, 0.2) is 5.82 Å². The SMILES string of the molecule is CCOc1cncc(N(C)CC(C)C(=O)O)n1. The zero-order chi connectivity index (χ0) is 12.8. The number of hydrogen-bond acceptors (Lipinski definition) is 5. The van der Waals surface area contributed by atoms with Crippen molar-refractivity contribution in [2.24, 2.45) is 5.92 Å². The van der Waals surface area contributed by atoms with Crippen LogP contribution in [0.4, 0.5) is 5.82 Å². The van der Waals surface area contributed by atoms with Gasteiger partial charge in [-0.1, -0.05) is 6.92 Å². The van der Waals surface area contributed by atoms with Gasteiger partial charge in [-0.25, -0.2) is 0 Å². The van der Waals surface area contributed by atoms with Gasteiger partial charge in [0.1, 0.15) is 0 Å². The molecule has 0 saturated carbocycles. The highest BCUT2D eigenvalue weighted by Gasteiger charge is 2.15. The van der Waals surface area contributed by atoms with Gasteiger partial charge in [-0.15, -0.1) is 0 Å². The first kappa shape index (κ1) is 13.2. The minimum Gasteiger partial charge on any atom is -0.481 e. The van der Waals surface area contributed by atoms with Gasteiger partial charge in [0.25, 0.3) is 0 Å². The number of carboxylic acids is 1. The lowest BCUT2D eigenvalue weighted by molar-refractivity contribution is -0.140. The second-order valence-electron chi connectivity index (χ2n) is 3.77. The number of ether oxygens (including phenoxy) is 1. The lowest BCUT2D eigenvalue weighted by Crippen LogP contribution is -2.29. The van der Waals surface area contributed by atoms with E-state index in [1.54, 1.807) is 25.1 Å². The Kier molecular flexibility index (Phi) is 4.68. The minimum atomic E-state index is -0.828. The van der Waals surface area contributed by atoms with Crippen LogP contribution < -0.4 is 9.64 Å². The monoisotopic (exact) mass is 239 g/mol. The predicted molar refractivity (Wildman–Crippen MR) is 63.3 cm³/mol. The molecule has 0 spiro atoms. The molecular weight excluding hydrogens is 222 g/mol. The summed E-state index contributed by atoms with van der Waals surface area (Å²) in [4.78, 5) is 20.7. The van der Waals surface area contributed by atoms with E-state index in [4.69, 9.17) is 9.84 Å². The lowest BCUT2D eigenvalue weighted by Gasteiger charge is -2.20. The summed E-state index contributed by atoms with van der Waals surface area (Å²) < 4.78 is 5.23. The van der Waals surface area contributed by atoms with E-state index in [1.807, 2.05) is 6.92 Å². The molecule has 0 aliphatic rings. The van der Waals surface area contributed by atoms with Crippen molar-refractivity contribution >= 4 is 11.8 Å². The summed E-state index contributed by atoms with van der Waals surface area (Å²) in [6, 6.07) is 0. The number of aromatic nitrogens is 2. The van der Waals surface area contributed by atoms with E-state index in [-0.39, 0.29) is 0 Å². The third-order valence-corrected chi connectivity index (χ3v) is 2.25. The van der Waals surface area contributed by atoms with Gasteiger partial charge in [-0.2, -0.15) is 4.98 Å². The van der Waals surface area contributed by atoms with E-state index in [1.165, 1.54) is 6.20 Å². The van der Waals surface area contributed by atoms with Crippen LogP contribution in [0.25, 0.3) is 0 Å². The third-order valence-electron chi connectivity index (χ3n) is 2.25. The molecule has 1 heterocycles. The first-order chi connectivity index (χ1) is 8.04. The van der Waals surface area contributed by atoms with Crippen molar-refractivity contribution in [3.8, 4) is 5.88 Å². The molecule has 0 aliphatic carbocycles. The molecule has 0 amide bonds. The van der Waals surface area contributed by atoms with E-state index in [9.17, 15) is 4.79 Å². The van der Waals surface area contributed by atoms with Crippen LogP contribution >= 0.6 is 0 Å². The zero-order valence-corrected chi connectivity index (χ0v) is 10.3. The lowest BCUT2D eigenvalue weighted by atomic mass is 10.2. The molecule has 0 bridgehead atoms. The van der Waals surface area contributed by atoms with Crippen molar-refractivity contribution in [1.82, 2.24) is 9.97 Å². The Bertz CT molecular complexity index is 384. The zero-order valence-electron chi connectivity index (χ0n) is 10.3. The summed E-state index contributed by atoms with van der Waals surface area (Å²) >= 11 is 0. The molecule has 6 heteroatoms. The maximum atomic E-state index is 10.7. The van der Waals surface area contributed by atoms with Crippen molar-refractivity contribution in [2.45, 2.75) is 13.8 Å². The molecule has 1 rings (SSSR count). The van der Waals surface area contributed by atoms with Crippen LogP contribution in [0.2, 0.25) is 0 Å². The Labute approximate surface area is 100 Å². The summed E-state index contributed by atoms with van der Waals surface area (Å²) in [5, 5.41) is 8.83. The Morgan fingerprint density at radius 1 is 1.59 bits per heavy atom. The molecule has 6 nitrogen and oxygen atoms in total. The molecular formula is C11H17N3O3. The van der Waals surface area contributed by atoms with Crippen molar-refractivity contribution in [1.29, 1.82) is 0 Å². The van der Waals surface area contributed by atoms with Gasteiger partial charge >= 0.3 is 5.97 Å². The van der Waals surface area contributed by atoms with Crippen LogP contribution in [-0.4, -0.2) is 41.2 Å². The van der Waals surface area contributed by atoms with E-state index in [0.29, 0.717) is 24.8 Å². The van der Waals surface area contributed by atoms with Crippen LogP contribution in [0.15, 0.2) is 12.4 Å². The number of carboxylic acid groups (broad SMARTS) is 1. The molecule has 1 aromatic rings. The maximum Gasteiger partial charge on any atom is 0.308 e. The molecule has 0 aliphatic heterocycles. The second kappa shape index (κ2) is 6.03. The van der Waals surface area contributed by atoms with Gasteiger partial charge in [0, 0.05) is 13.6 Å². The second-order valence-corrected chi connectivity index (χ2v) is 3.77. The molecule has 1 unspecified atom stereocenters. The first-order valence-electron chi connectivity index (χ1n) is 5.43. The molecule has 17 heavy (non-hydrogen) atoms. The van der Waals surface area contributed by atoms with Crippen molar-refractivity contribution in [3.05, 3.63) is 12.4 Å². The topological polar surface area (TPSA) is 75.5 Å². The fourth-order valence-corrected chi connectivity index (χ4v) is 1.32. The molecule has 94 valence electrons. The van der Waals surface area contributed by atoms with Crippen molar-refractivity contribution < 1.29 is 14.6 Å². The molecule has 0 saturated heterocycles. The van der Waals surface area contributed by atoms with E-state index < -0.39 is 11.9 Å². The van der Waals surface area contributed by atoms with Gasteiger partial charge < -0.3 is 14.7 Å². The molecule has 1 aromatic heterocycles. The number of aliphatic carboxylic acids is 1. The highest BCUT2D eigenvalue weighted by atomic mass is 16.5. The van der Waals surface area contributed by atoms with Crippen molar-refractivity contribution in [3.63, 3.8) is 0 Å². The number of hydrogen-bond donors (Lipinski definition) is 1. The van der Waals surface area contributed by atoms with Gasteiger partial charge in [-0.3, -0.25) is 9.78 Å². The molecule has 0 fully saturated rings. The smallest absolute Gasteiger partial charge is 0.308 e. The van der Waals surface area contributed by atoms with Crippen LogP contribution in [0.5, 0.6) is 5.88 Å². The number of nitrogens with zero attached hydrogens (tertiary/aromatic N) is 3. The Balaban J connectivity index is 2.71. The van der Waals surface area contributed by atoms with E-state index in [0.717, 1.165) is 0 Å². The number of carbonyl (C=O) groups is 1. The van der Waals surface area contributed by atoms with Gasteiger partial charge in [-0.05, 0) is 6.92 Å². The van der Waals surface area contributed by atoms with Crippen LogP contribution in [-0.2, 0) is 4.79 Å². The highest BCUT2D eigenvalue weighted by molar-refractivity contribution is 5.70. The van der Waals surface area contributed by atoms with Crippen molar-refractivity contribution in [2.75, 3.05) is 25.1 Å². The van der Waals surface area contributed by atoms with Gasteiger partial charge in [0.05, 0.1) is 24.9 Å². The maximum absolute atomic E-state index is 10.7. The molecule has 1 atom stereocenters. The summed E-state index contributed by atoms with van der Waals surface area (Å²) in [7, 11) is 1.78. The largest absolute Gasteiger partial charge is 0.481 e. The average molecular weight is 239 g/mol. The average Bonchev–Trinajstić information content (AvgIpc) is 2.29. The number of rotatable bonds is 6. The fourth-order valence-electron chi connectivity index (χ4n) is 1.32. The number of anilines is 1. The predicted octanol–water partition coefficient (Wildman–Crippen LogP) is 1.03. The Morgan fingerprint density at radius 2 is 2.29 bits per heavy atom. The molecule has 1 N–H and O–H groups in total. The van der Waals surface area contributed by atoms with Gasteiger partial charge in [0.2, 0.25) is 5.88 Å². The first-order valence-corrected chi connectivity index (χ1v) is 5.43. The van der Waals surface area contributed by atoms with E-state index in [2.05, 4.69) is 9.97 Å². The standard InChI is InChI=1S/C11H17N3O3/c1-4-17-10-6-12-5-9(13-10)14(3)7-8(2)11(15)16/h5-6,8H,4,7H2,1-3H3,(H,15,16). The third kappa shape index (κ3) is 3.90. The molecule has 0 aromatic carbocycles. The van der Waals surface area contributed by atoms with Crippen LogP contribution in [0, 0.1) is 5.92 Å². The van der Waals surface area contributed by atoms with E-state index >= 15 is 0 Å². The Morgan fingerprint density at radius 3 is 2.88 bits per heavy atom. The summed E-state index contributed by atoms with van der Waals surface area (Å²) in [6.45, 7) is 4.41. The summed E-state index contributed by atoms with van der Waals surface area (Å²) in [6.07, 6.45) is 3.11. The van der Waals surface area contributed by atoms with Crippen LogP contribution in [0.3, 0.4) is 0 Å². The summed E-state index contributed by atoms with van der Waals surface area (Å²) in [5.41, 5.74) is 0. The molecule has 0 radical (unpaired) electrons. The normalized spacial score (nSPS) is 11.9. The Hall–Kier alpha value is -1.85. The van der Waals surface area contributed by atoms with Crippen LogP contribution in [0.1, 0.15) is 13.8 Å². The summed E-state index contributed by atoms with van der Waals surface area (Å²) in [5.74, 6) is -0.243. The minimum absolute atomic E-state index is 0.375. The quantitative estimate of drug-likeness (QED) is 0.799. The highest BCUT2D eigenvalue weighted by Crippen LogP contribution is 2.13. The fraction of sp³-hybridized carbons (Fsp3) is 0.545.